The number of halogens is 7. The van der Waals surface area contributed by atoms with E-state index in [1.165, 1.54) is 6.07 Å². The fraction of sp³-hybridized carbons (Fsp3) is 0.222. The smallest absolute Gasteiger partial charge is 0.343 e. The Morgan fingerprint density at radius 1 is 0.966 bits per heavy atom. The fourth-order valence-corrected chi connectivity index (χ4v) is 2.46. The molecule has 11 heteroatoms. The Morgan fingerprint density at radius 2 is 1.52 bits per heavy atom. The van der Waals surface area contributed by atoms with E-state index >= 15 is 0 Å². The van der Waals surface area contributed by atoms with Gasteiger partial charge in [0, 0.05) is 16.3 Å². The van der Waals surface area contributed by atoms with Crippen molar-refractivity contribution in [2.45, 2.75) is 19.3 Å². The summed E-state index contributed by atoms with van der Waals surface area (Å²) in [5, 5.41) is 4.79. The Morgan fingerprint density at radius 3 is 2.03 bits per heavy atom. The predicted molar refractivity (Wildman–Crippen MR) is 93.6 cm³/mol. The van der Waals surface area contributed by atoms with Crippen molar-refractivity contribution in [3.05, 3.63) is 63.7 Å². The van der Waals surface area contributed by atoms with Crippen LogP contribution in [0.3, 0.4) is 0 Å². The summed E-state index contributed by atoms with van der Waals surface area (Å²) < 4.78 is 77.1. The van der Waals surface area contributed by atoms with Gasteiger partial charge in [-0.25, -0.2) is 0 Å². The van der Waals surface area contributed by atoms with Crippen LogP contribution in [0.2, 0.25) is 5.02 Å². The van der Waals surface area contributed by atoms with Crippen LogP contribution in [-0.2, 0) is 17.1 Å². The Bertz CT molecular complexity index is 909. The summed E-state index contributed by atoms with van der Waals surface area (Å²) in [5.41, 5.74) is -3.25. The number of rotatable bonds is 4. The third kappa shape index (κ3) is 5.86. The molecule has 0 bridgehead atoms. The highest BCUT2D eigenvalue weighted by Crippen LogP contribution is 2.36. The van der Waals surface area contributed by atoms with E-state index in [0.717, 1.165) is 0 Å². The van der Waals surface area contributed by atoms with E-state index < -0.39 is 47.4 Å². The molecular weight excluding hydrogens is 426 g/mol. The van der Waals surface area contributed by atoms with Crippen molar-refractivity contribution < 1.29 is 35.9 Å². The van der Waals surface area contributed by atoms with Gasteiger partial charge in [-0.15, -0.1) is 0 Å². The number of alkyl halides is 6. The molecule has 0 aliphatic carbocycles. The topological polar surface area (TPSA) is 58.2 Å². The highest BCUT2D eigenvalue weighted by Gasteiger charge is 2.37. The lowest BCUT2D eigenvalue weighted by Gasteiger charge is -2.14. The molecule has 0 radical (unpaired) electrons. The van der Waals surface area contributed by atoms with Crippen LogP contribution in [0.15, 0.2) is 36.4 Å². The second-order valence-electron chi connectivity index (χ2n) is 5.94. The monoisotopic (exact) mass is 438 g/mol. The molecule has 2 N–H and O–H groups in total. The van der Waals surface area contributed by atoms with Gasteiger partial charge >= 0.3 is 12.4 Å². The highest BCUT2D eigenvalue weighted by atomic mass is 35.5. The highest BCUT2D eigenvalue weighted by molar-refractivity contribution is 6.31. The number of amides is 2. The summed E-state index contributed by atoms with van der Waals surface area (Å²) >= 11 is 5.90. The maximum Gasteiger partial charge on any atom is 0.416 e. The molecule has 0 fully saturated rings. The zero-order valence-electron chi connectivity index (χ0n) is 14.6. The van der Waals surface area contributed by atoms with Gasteiger partial charge in [-0.3, -0.25) is 9.59 Å². The Hall–Kier alpha value is -2.75. The first-order chi connectivity index (χ1) is 13.3. The minimum atomic E-state index is -5.09. The molecular formula is C18H13ClF6N2O2. The number of hydrogen-bond acceptors (Lipinski definition) is 2. The van der Waals surface area contributed by atoms with Crippen molar-refractivity contribution in [3.63, 3.8) is 0 Å². The van der Waals surface area contributed by atoms with E-state index in [-0.39, 0.29) is 18.2 Å². The first-order valence-corrected chi connectivity index (χ1v) is 8.29. The summed E-state index contributed by atoms with van der Waals surface area (Å²) in [5.74, 6) is -2.01. The normalized spacial score (nSPS) is 11.9. The van der Waals surface area contributed by atoms with Gasteiger partial charge in [-0.1, -0.05) is 17.7 Å². The van der Waals surface area contributed by atoms with E-state index in [1.807, 2.05) is 5.32 Å². The molecule has 0 heterocycles. The van der Waals surface area contributed by atoms with E-state index in [4.69, 9.17) is 11.6 Å². The van der Waals surface area contributed by atoms with Crippen LogP contribution < -0.4 is 10.6 Å². The molecule has 2 aromatic rings. The molecule has 0 unspecified atom stereocenters. The molecule has 2 rings (SSSR count). The van der Waals surface area contributed by atoms with E-state index in [2.05, 4.69) is 5.32 Å². The van der Waals surface area contributed by atoms with Crippen molar-refractivity contribution in [2.75, 3.05) is 11.9 Å². The molecule has 0 saturated carbocycles. The van der Waals surface area contributed by atoms with Crippen molar-refractivity contribution in [1.29, 1.82) is 0 Å². The van der Waals surface area contributed by atoms with Crippen molar-refractivity contribution in [2.24, 2.45) is 0 Å². The minimum absolute atomic E-state index is 0.0919. The van der Waals surface area contributed by atoms with Crippen LogP contribution in [-0.4, -0.2) is 18.4 Å². The number of carbonyl (C=O) groups excluding carboxylic acids is 2. The standard InChI is InChI=1S/C18H13ClF6N2O2/c1-9-13(19)3-2-4-14(9)27-15(28)8-26-16(29)10-5-11(17(20,21)22)7-12(6-10)18(23,24)25/h2-7H,8H2,1H3,(H,26,29)(H,27,28). The van der Waals surface area contributed by atoms with Crippen LogP contribution in [0.4, 0.5) is 32.0 Å². The second kappa shape index (κ2) is 8.32. The Balaban J connectivity index is 2.16. The van der Waals surface area contributed by atoms with Gasteiger partial charge in [0.05, 0.1) is 17.7 Å². The maximum absolute atomic E-state index is 12.9. The number of carbonyl (C=O) groups is 2. The zero-order valence-corrected chi connectivity index (χ0v) is 15.4. The van der Waals surface area contributed by atoms with Gasteiger partial charge in [-0.2, -0.15) is 26.3 Å². The maximum atomic E-state index is 12.9. The molecule has 4 nitrogen and oxygen atoms in total. The van der Waals surface area contributed by atoms with E-state index in [9.17, 15) is 35.9 Å². The molecule has 2 aromatic carbocycles. The van der Waals surface area contributed by atoms with Crippen molar-refractivity contribution >= 4 is 29.1 Å². The quantitative estimate of drug-likeness (QED) is 0.656. The lowest BCUT2D eigenvalue weighted by molar-refractivity contribution is -0.143. The molecule has 0 spiro atoms. The van der Waals surface area contributed by atoms with Crippen LogP contribution in [0.5, 0.6) is 0 Å². The van der Waals surface area contributed by atoms with Gasteiger partial charge in [-0.05, 0) is 42.8 Å². The van der Waals surface area contributed by atoms with Crippen molar-refractivity contribution in [1.82, 2.24) is 5.32 Å². The Kier molecular flexibility index (Phi) is 6.46. The largest absolute Gasteiger partial charge is 0.416 e. The third-order valence-corrected chi connectivity index (χ3v) is 4.21. The third-order valence-electron chi connectivity index (χ3n) is 3.80. The van der Waals surface area contributed by atoms with Crippen LogP contribution in [0, 0.1) is 6.92 Å². The summed E-state index contributed by atoms with van der Waals surface area (Å²) in [6.45, 7) is 0.945. The summed E-state index contributed by atoms with van der Waals surface area (Å²) in [7, 11) is 0. The van der Waals surface area contributed by atoms with Crippen LogP contribution >= 0.6 is 11.6 Å². The summed E-state index contributed by atoms with van der Waals surface area (Å²) in [6.07, 6.45) is -10.2. The molecule has 29 heavy (non-hydrogen) atoms. The lowest BCUT2D eigenvalue weighted by Crippen LogP contribution is -2.33. The number of anilines is 1. The van der Waals surface area contributed by atoms with Crippen LogP contribution in [0.25, 0.3) is 0 Å². The molecule has 0 aliphatic heterocycles. The molecule has 0 aromatic heterocycles. The lowest BCUT2D eigenvalue weighted by atomic mass is 10.0. The molecule has 156 valence electrons. The van der Waals surface area contributed by atoms with E-state index in [1.54, 1.807) is 19.1 Å². The van der Waals surface area contributed by atoms with Crippen LogP contribution in [0.1, 0.15) is 27.0 Å². The average Bonchev–Trinajstić information content (AvgIpc) is 2.61. The zero-order chi connectivity index (χ0) is 22.0. The van der Waals surface area contributed by atoms with E-state index in [0.29, 0.717) is 16.3 Å². The first-order valence-electron chi connectivity index (χ1n) is 7.91. The summed E-state index contributed by atoms with van der Waals surface area (Å²) in [4.78, 5) is 24.0. The SMILES string of the molecule is Cc1c(Cl)cccc1NC(=O)CNC(=O)c1cc(C(F)(F)F)cc(C(F)(F)F)c1. The first kappa shape index (κ1) is 22.5. The number of benzene rings is 2. The van der Waals surface area contributed by atoms with Gasteiger partial charge in [0.25, 0.3) is 5.91 Å². The number of hydrogen-bond donors (Lipinski definition) is 2. The Labute approximate surface area is 165 Å². The molecule has 0 atom stereocenters. The van der Waals surface area contributed by atoms with Crippen molar-refractivity contribution in [3.8, 4) is 0 Å². The summed E-state index contributed by atoms with van der Waals surface area (Å²) in [6, 6.07) is 5.15. The molecule has 0 aliphatic rings. The van der Waals surface area contributed by atoms with Gasteiger partial charge in [0.1, 0.15) is 0 Å². The average molecular weight is 439 g/mol. The van der Waals surface area contributed by atoms with Gasteiger partial charge in [0.2, 0.25) is 5.91 Å². The predicted octanol–water partition coefficient (Wildman–Crippen LogP) is 5.05. The fourth-order valence-electron chi connectivity index (χ4n) is 2.29. The van der Waals surface area contributed by atoms with Gasteiger partial charge in [0.15, 0.2) is 0 Å². The molecule has 0 saturated heterocycles. The second-order valence-corrected chi connectivity index (χ2v) is 6.35. The molecule has 2 amide bonds. The van der Waals surface area contributed by atoms with Gasteiger partial charge < -0.3 is 10.6 Å². The minimum Gasteiger partial charge on any atom is -0.343 e. The number of nitrogens with one attached hydrogen (secondary N) is 2.